The highest BCUT2D eigenvalue weighted by atomic mass is 35.5. The molecule has 1 saturated carbocycles. The van der Waals surface area contributed by atoms with Crippen LogP contribution >= 0.6 is 11.6 Å². The highest BCUT2D eigenvalue weighted by molar-refractivity contribution is 8.02. The number of hydrogen-bond acceptors (Lipinski definition) is 5. The molecule has 0 aromatic rings. The molecule has 1 aliphatic carbocycles. The van der Waals surface area contributed by atoms with Crippen molar-refractivity contribution in [3.05, 3.63) is 0 Å². The summed E-state index contributed by atoms with van der Waals surface area (Å²) in [5.74, 6) is -1.22. The number of nitrogens with one attached hydrogen (secondary N) is 1. The lowest BCUT2D eigenvalue weighted by molar-refractivity contribution is -0.132. The molecule has 1 heterocycles. The second-order valence-electron chi connectivity index (χ2n) is 6.54. The number of fused-ring (bicyclic) bond motifs is 1. The van der Waals surface area contributed by atoms with E-state index < -0.39 is 38.6 Å². The molecule has 0 bridgehead atoms. The lowest BCUT2D eigenvalue weighted by Crippen LogP contribution is -2.64. The zero-order chi connectivity index (χ0) is 16.7. The molecule has 1 aliphatic heterocycles. The van der Waals surface area contributed by atoms with Crippen LogP contribution in [0.5, 0.6) is 0 Å². The summed E-state index contributed by atoms with van der Waals surface area (Å²) in [5, 5.41) is 13.5. The molecule has 0 aromatic heterocycles. The Morgan fingerprint density at radius 2 is 2.09 bits per heavy atom. The predicted molar refractivity (Wildman–Crippen MR) is 86.1 cm³/mol. The van der Waals surface area contributed by atoms with Crippen molar-refractivity contribution in [2.24, 2.45) is 17.8 Å². The van der Waals surface area contributed by atoms with Crippen LogP contribution in [0.15, 0.2) is 0 Å². The fourth-order valence-electron chi connectivity index (χ4n) is 4.11. The van der Waals surface area contributed by atoms with E-state index in [2.05, 4.69) is 5.32 Å². The molecule has 0 spiro atoms. The third-order valence-corrected chi connectivity index (χ3v) is 7.38. The van der Waals surface area contributed by atoms with Gasteiger partial charge in [0.05, 0.1) is 6.10 Å². The van der Waals surface area contributed by atoms with Gasteiger partial charge in [0.1, 0.15) is 15.5 Å². The largest absolute Gasteiger partial charge is 0.391 e. The van der Waals surface area contributed by atoms with E-state index >= 15 is 0 Å². The topological polar surface area (TPSA) is 83.5 Å². The van der Waals surface area contributed by atoms with Crippen LogP contribution in [0.1, 0.15) is 33.1 Å². The Bertz CT molecular complexity index is 498. The molecule has 6 atom stereocenters. The molecule has 1 saturated heterocycles. The van der Waals surface area contributed by atoms with Gasteiger partial charge in [-0.15, -0.1) is 11.6 Å². The van der Waals surface area contributed by atoms with Gasteiger partial charge in [-0.2, -0.15) is 0 Å². The number of halogens is 1. The first-order valence-corrected chi connectivity index (χ1v) is 9.42. The van der Waals surface area contributed by atoms with Crippen LogP contribution in [0.3, 0.4) is 0 Å². The number of carbonyl (C=O) groups is 2. The Morgan fingerprint density at radius 3 is 2.59 bits per heavy atom. The molecule has 2 N–H and O–H groups in total. The normalized spacial score (nSPS) is 40.1. The van der Waals surface area contributed by atoms with Gasteiger partial charge in [-0.25, -0.2) is 0 Å². The standard InChI is InChI=1S/C15H24ClNO4S/c1-8(2)13(19)15-11(18)5-4-10(17-3)12(15)9(6-7-16)14(20)22(15)21/h8-10,12-13,17,19H,4-7H2,1-3H3/t9?,10?,12-,13+,15+,22?/m1/s1. The molecule has 3 unspecified atom stereocenters. The van der Waals surface area contributed by atoms with Gasteiger partial charge in [-0.3, -0.25) is 13.8 Å². The molecular weight excluding hydrogens is 326 g/mol. The molecule has 7 heteroatoms. The highest BCUT2D eigenvalue weighted by Crippen LogP contribution is 2.51. The van der Waals surface area contributed by atoms with Crippen molar-refractivity contribution in [3.63, 3.8) is 0 Å². The minimum atomic E-state index is -2.01. The third kappa shape index (κ3) is 2.39. The Kier molecular flexibility index (Phi) is 5.47. The second kappa shape index (κ2) is 6.67. The lowest BCUT2D eigenvalue weighted by atomic mass is 9.64. The van der Waals surface area contributed by atoms with Crippen molar-refractivity contribution in [2.75, 3.05) is 12.9 Å². The van der Waals surface area contributed by atoms with Gasteiger partial charge in [-0.1, -0.05) is 13.8 Å². The minimum Gasteiger partial charge on any atom is -0.391 e. The molecule has 2 aliphatic rings. The van der Waals surface area contributed by atoms with Crippen molar-refractivity contribution in [1.29, 1.82) is 0 Å². The van der Waals surface area contributed by atoms with Gasteiger partial charge < -0.3 is 10.4 Å². The third-order valence-electron chi connectivity index (χ3n) is 5.13. The zero-order valence-corrected chi connectivity index (χ0v) is 14.7. The summed E-state index contributed by atoms with van der Waals surface area (Å²) in [6.07, 6.45) is 0.120. The number of hydrogen-bond donors (Lipinski definition) is 2. The summed E-state index contributed by atoms with van der Waals surface area (Å²) in [7, 11) is -0.240. The number of aliphatic hydroxyl groups is 1. The van der Waals surface area contributed by atoms with E-state index in [0.29, 0.717) is 12.8 Å². The Hall–Kier alpha value is -0.300. The molecule has 2 fully saturated rings. The van der Waals surface area contributed by atoms with Crippen LogP contribution in [0.25, 0.3) is 0 Å². The van der Waals surface area contributed by atoms with E-state index in [4.69, 9.17) is 11.6 Å². The first kappa shape index (κ1) is 18.0. The monoisotopic (exact) mass is 349 g/mol. The summed E-state index contributed by atoms with van der Waals surface area (Å²) >= 11 is 5.82. The number of ketones is 1. The second-order valence-corrected chi connectivity index (χ2v) is 8.53. The van der Waals surface area contributed by atoms with Gasteiger partial charge in [0.15, 0.2) is 5.78 Å². The quantitative estimate of drug-likeness (QED) is 0.719. The van der Waals surface area contributed by atoms with Crippen molar-refractivity contribution in [1.82, 2.24) is 5.32 Å². The molecule has 0 amide bonds. The van der Waals surface area contributed by atoms with Gasteiger partial charge in [-0.05, 0) is 25.8 Å². The van der Waals surface area contributed by atoms with Crippen LogP contribution in [0.2, 0.25) is 0 Å². The number of carbonyl (C=O) groups excluding carboxylic acids is 2. The predicted octanol–water partition coefficient (Wildman–Crippen LogP) is 0.843. The average molecular weight is 350 g/mol. The van der Waals surface area contributed by atoms with E-state index in [0.717, 1.165) is 0 Å². The maximum Gasteiger partial charge on any atom is 0.223 e. The summed E-state index contributed by atoms with van der Waals surface area (Å²) in [6.45, 7) is 3.56. The van der Waals surface area contributed by atoms with Gasteiger partial charge >= 0.3 is 0 Å². The Labute approximate surface area is 138 Å². The first-order chi connectivity index (χ1) is 10.3. The molecule has 5 nitrogen and oxygen atoms in total. The molecular formula is C15H24ClNO4S. The molecule has 0 aromatic carbocycles. The van der Waals surface area contributed by atoms with Crippen LogP contribution in [0, 0.1) is 17.8 Å². The van der Waals surface area contributed by atoms with Gasteiger partial charge in [0.2, 0.25) is 5.12 Å². The SMILES string of the molecule is CNC1CCC(=O)[C@@]2([C@@H](O)C(C)C)[C@@H]1C(CCCl)C(=O)S2=O. The van der Waals surface area contributed by atoms with E-state index in [9.17, 15) is 18.9 Å². The van der Waals surface area contributed by atoms with Crippen molar-refractivity contribution in [2.45, 2.75) is 50.0 Å². The first-order valence-electron chi connectivity index (χ1n) is 7.74. The van der Waals surface area contributed by atoms with E-state index in [-0.39, 0.29) is 30.0 Å². The summed E-state index contributed by atoms with van der Waals surface area (Å²) in [5.41, 5.74) is 0. The number of aliphatic hydroxyl groups excluding tert-OH is 1. The fraction of sp³-hybridized carbons (Fsp3) is 0.867. The molecule has 2 rings (SSSR count). The summed E-state index contributed by atoms with van der Waals surface area (Å²) in [4.78, 5) is 25.3. The van der Waals surface area contributed by atoms with Crippen molar-refractivity contribution < 1.29 is 18.9 Å². The van der Waals surface area contributed by atoms with Crippen LogP contribution in [-0.4, -0.2) is 50.0 Å². The van der Waals surface area contributed by atoms with Crippen LogP contribution < -0.4 is 5.32 Å². The molecule has 22 heavy (non-hydrogen) atoms. The van der Waals surface area contributed by atoms with Crippen LogP contribution in [0.4, 0.5) is 0 Å². The van der Waals surface area contributed by atoms with Crippen molar-refractivity contribution in [3.8, 4) is 0 Å². The maximum absolute atomic E-state index is 12.9. The lowest BCUT2D eigenvalue weighted by Gasteiger charge is -2.46. The number of rotatable bonds is 5. The van der Waals surface area contributed by atoms with E-state index in [1.165, 1.54) is 0 Å². The Morgan fingerprint density at radius 1 is 1.45 bits per heavy atom. The van der Waals surface area contributed by atoms with Gasteiger partial charge in [0, 0.05) is 30.2 Å². The minimum absolute atomic E-state index is 0.116. The highest BCUT2D eigenvalue weighted by Gasteiger charge is 2.69. The fourth-order valence-corrected chi connectivity index (χ4v) is 6.59. The van der Waals surface area contributed by atoms with Crippen molar-refractivity contribution >= 4 is 33.3 Å². The van der Waals surface area contributed by atoms with E-state index in [1.54, 1.807) is 20.9 Å². The zero-order valence-electron chi connectivity index (χ0n) is 13.2. The summed E-state index contributed by atoms with van der Waals surface area (Å²) < 4.78 is 11.4. The Balaban J connectivity index is 2.62. The average Bonchev–Trinajstić information content (AvgIpc) is 2.71. The smallest absolute Gasteiger partial charge is 0.223 e. The molecule has 0 radical (unpaired) electrons. The number of alkyl halides is 1. The summed E-state index contributed by atoms with van der Waals surface area (Å²) in [6, 6.07) is -0.116. The number of Topliss-reactive ketones (excluding diaryl/α,β-unsaturated/α-hetero) is 1. The maximum atomic E-state index is 12.9. The van der Waals surface area contributed by atoms with E-state index in [1.807, 2.05) is 0 Å². The van der Waals surface area contributed by atoms with Crippen LogP contribution in [-0.2, 0) is 20.4 Å². The molecule has 126 valence electrons. The van der Waals surface area contributed by atoms with Gasteiger partial charge in [0.25, 0.3) is 0 Å².